The number of amides is 1. The van der Waals surface area contributed by atoms with Crippen LogP contribution in [-0.4, -0.2) is 21.4 Å². The minimum absolute atomic E-state index is 0.166. The first-order valence-corrected chi connectivity index (χ1v) is 6.98. The molecule has 0 aliphatic heterocycles. The molecular formula is C14H14BrN3O. The van der Waals surface area contributed by atoms with Gasteiger partial charge in [-0.1, -0.05) is 46.3 Å². The molecule has 2 rings (SSSR count). The molecule has 0 radical (unpaired) electrons. The molecule has 0 bridgehead atoms. The highest BCUT2D eigenvalue weighted by Crippen LogP contribution is 2.23. The Hall–Kier alpha value is -1.75. The molecule has 5 heteroatoms. The van der Waals surface area contributed by atoms with Crippen LogP contribution in [0.1, 0.15) is 22.8 Å². The van der Waals surface area contributed by atoms with Crippen LogP contribution in [0.3, 0.4) is 0 Å². The summed E-state index contributed by atoms with van der Waals surface area (Å²) in [6.45, 7) is 1.98. The summed E-state index contributed by atoms with van der Waals surface area (Å²) in [4.78, 5) is 12.2. The molecule has 1 unspecified atom stereocenters. The Balaban J connectivity index is 2.22. The number of alkyl halides is 1. The van der Waals surface area contributed by atoms with Crippen molar-refractivity contribution < 1.29 is 4.79 Å². The Morgan fingerprint density at radius 1 is 1.26 bits per heavy atom. The summed E-state index contributed by atoms with van der Waals surface area (Å²) < 4.78 is 0. The molecular weight excluding hydrogens is 306 g/mol. The van der Waals surface area contributed by atoms with Gasteiger partial charge in [-0.25, -0.2) is 0 Å². The summed E-state index contributed by atoms with van der Waals surface area (Å²) in [5.41, 5.74) is 1.07. The summed E-state index contributed by atoms with van der Waals surface area (Å²) in [6.07, 6.45) is 2.96. The molecule has 98 valence electrons. The van der Waals surface area contributed by atoms with Crippen LogP contribution in [0.4, 0.5) is 0 Å². The van der Waals surface area contributed by atoms with Crippen molar-refractivity contribution in [3.05, 3.63) is 59.9 Å². The Kier molecular flexibility index (Phi) is 4.27. The number of carbonyl (C=O) groups is 1. The number of nitrogens with zero attached hydrogens (tertiary/aromatic N) is 2. The van der Waals surface area contributed by atoms with E-state index < -0.39 is 5.54 Å². The Morgan fingerprint density at radius 3 is 2.58 bits per heavy atom. The predicted molar refractivity (Wildman–Crippen MR) is 77.1 cm³/mol. The van der Waals surface area contributed by atoms with Gasteiger partial charge in [-0.3, -0.25) is 4.79 Å². The van der Waals surface area contributed by atoms with Crippen molar-refractivity contribution in [2.75, 3.05) is 5.33 Å². The van der Waals surface area contributed by atoms with E-state index in [-0.39, 0.29) is 5.91 Å². The number of halogens is 1. The normalized spacial score (nSPS) is 13.6. The molecule has 0 saturated heterocycles. The third-order valence-electron chi connectivity index (χ3n) is 2.91. The fraction of sp³-hybridized carbons (Fsp3) is 0.214. The van der Waals surface area contributed by atoms with E-state index in [9.17, 15) is 4.79 Å². The van der Waals surface area contributed by atoms with E-state index in [0.29, 0.717) is 10.9 Å². The first-order chi connectivity index (χ1) is 9.15. The molecule has 1 heterocycles. The van der Waals surface area contributed by atoms with Crippen LogP contribution in [0, 0.1) is 0 Å². The second-order valence-electron chi connectivity index (χ2n) is 4.42. The van der Waals surface area contributed by atoms with Gasteiger partial charge in [-0.15, -0.1) is 0 Å². The molecule has 1 aromatic heterocycles. The van der Waals surface area contributed by atoms with Crippen molar-refractivity contribution in [2.45, 2.75) is 12.5 Å². The topological polar surface area (TPSA) is 54.9 Å². The monoisotopic (exact) mass is 319 g/mol. The van der Waals surface area contributed by atoms with Crippen molar-refractivity contribution >= 4 is 21.8 Å². The number of carbonyl (C=O) groups excluding carboxylic acids is 1. The van der Waals surface area contributed by atoms with Crippen molar-refractivity contribution in [3.63, 3.8) is 0 Å². The third kappa shape index (κ3) is 3.17. The zero-order valence-electron chi connectivity index (χ0n) is 10.5. The number of rotatable bonds is 4. The van der Waals surface area contributed by atoms with Gasteiger partial charge < -0.3 is 5.32 Å². The SMILES string of the molecule is CC(CBr)(NC(=O)c1ccnnc1)c1ccccc1. The average Bonchev–Trinajstić information content (AvgIpc) is 2.49. The zero-order chi connectivity index (χ0) is 13.7. The van der Waals surface area contributed by atoms with Crippen molar-refractivity contribution in [1.82, 2.24) is 15.5 Å². The highest BCUT2D eigenvalue weighted by Gasteiger charge is 2.27. The molecule has 0 aliphatic rings. The second kappa shape index (κ2) is 5.93. The highest BCUT2D eigenvalue weighted by molar-refractivity contribution is 9.09. The largest absolute Gasteiger partial charge is 0.342 e. The minimum atomic E-state index is -0.471. The minimum Gasteiger partial charge on any atom is -0.342 e. The molecule has 1 aromatic carbocycles. The van der Waals surface area contributed by atoms with E-state index in [1.54, 1.807) is 6.07 Å². The predicted octanol–water partition coefficient (Wildman–Crippen LogP) is 2.52. The number of aromatic nitrogens is 2. The van der Waals surface area contributed by atoms with Gasteiger partial charge in [0, 0.05) is 5.33 Å². The molecule has 0 saturated carbocycles. The van der Waals surface area contributed by atoms with E-state index in [2.05, 4.69) is 31.4 Å². The summed E-state index contributed by atoms with van der Waals surface area (Å²) in [6, 6.07) is 11.5. The first-order valence-electron chi connectivity index (χ1n) is 5.86. The quantitative estimate of drug-likeness (QED) is 0.881. The van der Waals surface area contributed by atoms with Crippen molar-refractivity contribution in [1.29, 1.82) is 0 Å². The standard InChI is InChI=1S/C14H14BrN3O/c1-14(10-15,12-5-3-2-4-6-12)18-13(19)11-7-8-16-17-9-11/h2-9H,10H2,1H3,(H,18,19). The van der Waals surface area contributed by atoms with Crippen LogP contribution < -0.4 is 5.32 Å². The maximum Gasteiger partial charge on any atom is 0.253 e. The van der Waals surface area contributed by atoms with Gasteiger partial charge in [0.25, 0.3) is 5.91 Å². The van der Waals surface area contributed by atoms with E-state index >= 15 is 0 Å². The number of nitrogens with one attached hydrogen (secondary N) is 1. The molecule has 19 heavy (non-hydrogen) atoms. The fourth-order valence-electron chi connectivity index (χ4n) is 1.74. The molecule has 0 fully saturated rings. The average molecular weight is 320 g/mol. The molecule has 0 spiro atoms. The molecule has 0 aliphatic carbocycles. The van der Waals surface area contributed by atoms with Gasteiger partial charge in [0.15, 0.2) is 0 Å². The molecule has 1 N–H and O–H groups in total. The zero-order valence-corrected chi connectivity index (χ0v) is 12.1. The lowest BCUT2D eigenvalue weighted by Crippen LogP contribution is -2.44. The van der Waals surface area contributed by atoms with Gasteiger partial charge in [0.1, 0.15) is 0 Å². The summed E-state index contributed by atoms with van der Waals surface area (Å²) >= 11 is 3.47. The van der Waals surface area contributed by atoms with E-state index in [0.717, 1.165) is 5.56 Å². The maximum absolute atomic E-state index is 12.2. The lowest BCUT2D eigenvalue weighted by atomic mass is 9.94. The van der Waals surface area contributed by atoms with Gasteiger partial charge in [-0.2, -0.15) is 10.2 Å². The van der Waals surface area contributed by atoms with Crippen LogP contribution in [0.5, 0.6) is 0 Å². The van der Waals surface area contributed by atoms with Crippen molar-refractivity contribution in [2.24, 2.45) is 0 Å². The van der Waals surface area contributed by atoms with E-state index in [1.165, 1.54) is 12.4 Å². The van der Waals surface area contributed by atoms with Gasteiger partial charge in [-0.05, 0) is 18.6 Å². The number of hydrogen-bond acceptors (Lipinski definition) is 3. The lowest BCUT2D eigenvalue weighted by Gasteiger charge is -2.29. The summed E-state index contributed by atoms with van der Waals surface area (Å²) in [5, 5.41) is 11.0. The van der Waals surface area contributed by atoms with Gasteiger partial charge in [0.05, 0.1) is 23.5 Å². The van der Waals surface area contributed by atoms with Crippen LogP contribution in [-0.2, 0) is 5.54 Å². The Bertz CT molecular complexity index is 547. The van der Waals surface area contributed by atoms with Gasteiger partial charge >= 0.3 is 0 Å². The third-order valence-corrected chi connectivity index (χ3v) is 4.04. The fourth-order valence-corrected chi connectivity index (χ4v) is 2.20. The molecule has 1 atom stereocenters. The highest BCUT2D eigenvalue weighted by atomic mass is 79.9. The Labute approximate surface area is 120 Å². The lowest BCUT2D eigenvalue weighted by molar-refractivity contribution is 0.0913. The van der Waals surface area contributed by atoms with Crippen LogP contribution in [0.25, 0.3) is 0 Å². The van der Waals surface area contributed by atoms with Crippen LogP contribution >= 0.6 is 15.9 Å². The number of hydrogen-bond donors (Lipinski definition) is 1. The summed E-state index contributed by atoms with van der Waals surface area (Å²) in [5.74, 6) is -0.166. The first kappa shape index (κ1) is 13.7. The van der Waals surface area contributed by atoms with E-state index in [1.807, 2.05) is 37.3 Å². The van der Waals surface area contributed by atoms with Gasteiger partial charge in [0.2, 0.25) is 0 Å². The smallest absolute Gasteiger partial charge is 0.253 e. The van der Waals surface area contributed by atoms with Crippen LogP contribution in [0.2, 0.25) is 0 Å². The van der Waals surface area contributed by atoms with E-state index in [4.69, 9.17) is 0 Å². The maximum atomic E-state index is 12.2. The Morgan fingerprint density at radius 2 is 2.00 bits per heavy atom. The second-order valence-corrected chi connectivity index (χ2v) is 4.98. The molecule has 4 nitrogen and oxygen atoms in total. The molecule has 1 amide bonds. The van der Waals surface area contributed by atoms with Crippen LogP contribution in [0.15, 0.2) is 48.8 Å². The summed E-state index contributed by atoms with van der Waals surface area (Å²) in [7, 11) is 0. The number of benzene rings is 1. The van der Waals surface area contributed by atoms with Crippen molar-refractivity contribution in [3.8, 4) is 0 Å². The molecule has 2 aromatic rings.